The summed E-state index contributed by atoms with van der Waals surface area (Å²) in [4.78, 5) is 0.287. The van der Waals surface area contributed by atoms with E-state index < -0.39 is 22.2 Å². The number of sulfonamides is 1. The predicted molar refractivity (Wildman–Crippen MR) is 89.5 cm³/mol. The summed E-state index contributed by atoms with van der Waals surface area (Å²) in [5.74, 6) is 0. The van der Waals surface area contributed by atoms with Gasteiger partial charge >= 0.3 is 0 Å². The zero-order valence-corrected chi connectivity index (χ0v) is 13.9. The lowest BCUT2D eigenvalue weighted by molar-refractivity contribution is 0.107. The molecule has 3 rings (SSSR count). The lowest BCUT2D eigenvalue weighted by atomic mass is 10.0. The van der Waals surface area contributed by atoms with Crippen LogP contribution in [0.3, 0.4) is 0 Å². The number of rotatable bonds is 4. The Labute approximate surface area is 137 Å². The number of hydrogen-bond acceptors (Lipinski definition) is 3. The third-order valence-corrected chi connectivity index (χ3v) is 6.32. The van der Waals surface area contributed by atoms with Gasteiger partial charge in [0.2, 0.25) is 10.0 Å². The number of aliphatic hydroxyl groups is 1. The summed E-state index contributed by atoms with van der Waals surface area (Å²) < 4.78 is 27.3. The van der Waals surface area contributed by atoms with Crippen LogP contribution >= 0.6 is 0 Å². The molecule has 0 unspecified atom stereocenters. The smallest absolute Gasteiger partial charge is 0.243 e. The zero-order valence-electron chi connectivity index (χ0n) is 13.1. The Kier molecular flexibility index (Phi) is 4.53. The van der Waals surface area contributed by atoms with E-state index in [2.05, 4.69) is 0 Å². The molecule has 2 aromatic carbocycles. The summed E-state index contributed by atoms with van der Waals surface area (Å²) in [7, 11) is -3.58. The van der Waals surface area contributed by atoms with Crippen molar-refractivity contribution >= 4 is 10.0 Å². The van der Waals surface area contributed by atoms with Crippen LogP contribution in [-0.4, -0.2) is 30.4 Å². The van der Waals surface area contributed by atoms with Gasteiger partial charge in [-0.1, -0.05) is 48.0 Å². The number of nitrogens with zero attached hydrogens (tertiary/aromatic N) is 1. The molecule has 5 heteroatoms. The van der Waals surface area contributed by atoms with Crippen LogP contribution in [0.15, 0.2) is 59.5 Å². The molecule has 2 atom stereocenters. The van der Waals surface area contributed by atoms with Crippen LogP contribution in [0.5, 0.6) is 0 Å². The molecule has 0 amide bonds. The Hall–Kier alpha value is -1.69. The highest BCUT2D eigenvalue weighted by molar-refractivity contribution is 7.89. The van der Waals surface area contributed by atoms with Gasteiger partial charge in [0.05, 0.1) is 17.0 Å². The van der Waals surface area contributed by atoms with E-state index in [-0.39, 0.29) is 4.90 Å². The molecule has 23 heavy (non-hydrogen) atoms. The molecule has 0 bridgehead atoms. The molecular formula is C18H21NO3S. The highest BCUT2D eigenvalue weighted by atomic mass is 32.2. The molecule has 0 spiro atoms. The van der Waals surface area contributed by atoms with Crippen molar-refractivity contribution in [2.45, 2.75) is 36.8 Å². The van der Waals surface area contributed by atoms with Crippen molar-refractivity contribution in [1.82, 2.24) is 4.31 Å². The molecular weight excluding hydrogens is 310 g/mol. The molecule has 0 aliphatic carbocycles. The monoisotopic (exact) mass is 331 g/mol. The Morgan fingerprint density at radius 1 is 1.09 bits per heavy atom. The maximum Gasteiger partial charge on any atom is 0.243 e. The number of aryl methyl sites for hydroxylation is 1. The first kappa shape index (κ1) is 16.2. The van der Waals surface area contributed by atoms with Crippen LogP contribution in [0.1, 0.15) is 30.1 Å². The molecule has 4 nitrogen and oxygen atoms in total. The van der Waals surface area contributed by atoms with Gasteiger partial charge in [-0.2, -0.15) is 4.31 Å². The van der Waals surface area contributed by atoms with E-state index in [1.807, 2.05) is 37.3 Å². The molecule has 0 aromatic heterocycles. The molecule has 122 valence electrons. The van der Waals surface area contributed by atoms with Crippen molar-refractivity contribution in [1.29, 1.82) is 0 Å². The van der Waals surface area contributed by atoms with Gasteiger partial charge in [-0.25, -0.2) is 8.42 Å². The maximum absolute atomic E-state index is 12.9. The van der Waals surface area contributed by atoms with Crippen LogP contribution < -0.4 is 0 Å². The second-order valence-electron chi connectivity index (χ2n) is 5.99. The summed E-state index contributed by atoms with van der Waals surface area (Å²) in [5, 5.41) is 10.6. The van der Waals surface area contributed by atoms with Gasteiger partial charge in [0, 0.05) is 6.54 Å². The lowest BCUT2D eigenvalue weighted by Crippen LogP contribution is -2.39. The van der Waals surface area contributed by atoms with E-state index >= 15 is 0 Å². The molecule has 2 aromatic rings. The molecule has 1 heterocycles. The molecule has 1 aliphatic heterocycles. The van der Waals surface area contributed by atoms with Crippen molar-refractivity contribution in [3.05, 3.63) is 65.7 Å². The first-order valence-corrected chi connectivity index (χ1v) is 9.26. The van der Waals surface area contributed by atoms with Crippen molar-refractivity contribution < 1.29 is 13.5 Å². The fourth-order valence-corrected chi connectivity index (χ4v) is 4.80. The molecule has 0 saturated carbocycles. The van der Waals surface area contributed by atoms with Crippen LogP contribution in [0.4, 0.5) is 0 Å². The van der Waals surface area contributed by atoms with E-state index in [9.17, 15) is 13.5 Å². The van der Waals surface area contributed by atoms with E-state index in [4.69, 9.17) is 0 Å². The van der Waals surface area contributed by atoms with E-state index in [0.717, 1.165) is 17.5 Å². The highest BCUT2D eigenvalue weighted by Crippen LogP contribution is 2.33. The Morgan fingerprint density at radius 3 is 2.39 bits per heavy atom. The van der Waals surface area contributed by atoms with Crippen molar-refractivity contribution in [2.24, 2.45) is 0 Å². The number of benzene rings is 2. The molecule has 1 N–H and O–H groups in total. The Bertz CT molecular complexity index is 757. The summed E-state index contributed by atoms with van der Waals surface area (Å²) in [6.45, 7) is 2.37. The van der Waals surface area contributed by atoms with Crippen LogP contribution in [0.2, 0.25) is 0 Å². The normalized spacial score (nSPS) is 20.5. The highest BCUT2D eigenvalue weighted by Gasteiger charge is 2.39. The minimum Gasteiger partial charge on any atom is -0.387 e. The van der Waals surface area contributed by atoms with Gasteiger partial charge in [0.15, 0.2) is 0 Å². The fourth-order valence-electron chi connectivity index (χ4n) is 3.10. The second kappa shape index (κ2) is 6.43. The van der Waals surface area contributed by atoms with E-state index in [1.165, 1.54) is 4.31 Å². The van der Waals surface area contributed by atoms with Crippen LogP contribution in [0.25, 0.3) is 0 Å². The first-order valence-electron chi connectivity index (χ1n) is 7.81. The first-order chi connectivity index (χ1) is 11.0. The van der Waals surface area contributed by atoms with Crippen molar-refractivity contribution in [3.63, 3.8) is 0 Å². The van der Waals surface area contributed by atoms with Gasteiger partial charge in [0.25, 0.3) is 0 Å². The quantitative estimate of drug-likeness (QED) is 0.937. The summed E-state index contributed by atoms with van der Waals surface area (Å²) in [6.07, 6.45) is 0.625. The minimum absolute atomic E-state index is 0.287. The van der Waals surface area contributed by atoms with E-state index in [1.54, 1.807) is 24.3 Å². The van der Waals surface area contributed by atoms with Crippen LogP contribution in [-0.2, 0) is 10.0 Å². The number of hydrogen-bond donors (Lipinski definition) is 1. The standard InChI is InChI=1S/C18H21NO3S/c1-14-9-11-16(12-10-14)23(21,22)19-13-5-8-17(19)18(20)15-6-3-2-4-7-15/h2-4,6-7,9-12,17-18,20H,5,8,13H2,1H3/t17-,18+/m1/s1. The average Bonchev–Trinajstić information content (AvgIpc) is 3.06. The van der Waals surface area contributed by atoms with E-state index in [0.29, 0.717) is 13.0 Å². The zero-order chi connectivity index (χ0) is 16.4. The summed E-state index contributed by atoms with van der Waals surface area (Å²) >= 11 is 0. The second-order valence-corrected chi connectivity index (χ2v) is 7.88. The van der Waals surface area contributed by atoms with Crippen molar-refractivity contribution in [3.8, 4) is 0 Å². The lowest BCUT2D eigenvalue weighted by Gasteiger charge is -2.28. The largest absolute Gasteiger partial charge is 0.387 e. The average molecular weight is 331 g/mol. The topological polar surface area (TPSA) is 57.6 Å². The van der Waals surface area contributed by atoms with Gasteiger partial charge < -0.3 is 5.11 Å². The number of aliphatic hydroxyl groups excluding tert-OH is 1. The Morgan fingerprint density at radius 2 is 1.74 bits per heavy atom. The predicted octanol–water partition coefficient (Wildman–Crippen LogP) is 2.88. The van der Waals surface area contributed by atoms with Gasteiger partial charge in [0.1, 0.15) is 0 Å². The molecule has 0 radical (unpaired) electrons. The third kappa shape index (κ3) is 3.17. The van der Waals surface area contributed by atoms with Gasteiger partial charge in [-0.15, -0.1) is 0 Å². The molecule has 1 fully saturated rings. The van der Waals surface area contributed by atoms with Crippen molar-refractivity contribution in [2.75, 3.05) is 6.54 Å². The third-order valence-electron chi connectivity index (χ3n) is 4.38. The SMILES string of the molecule is Cc1ccc(S(=O)(=O)N2CCC[C@@H]2[C@@H](O)c2ccccc2)cc1. The molecule has 1 saturated heterocycles. The maximum atomic E-state index is 12.9. The summed E-state index contributed by atoms with van der Waals surface area (Å²) in [6, 6.07) is 15.7. The van der Waals surface area contributed by atoms with Crippen LogP contribution in [0, 0.1) is 6.92 Å². The van der Waals surface area contributed by atoms with Gasteiger partial charge in [-0.05, 0) is 37.5 Å². The minimum atomic E-state index is -3.58. The Balaban J connectivity index is 1.90. The molecule has 1 aliphatic rings. The fraction of sp³-hybridized carbons (Fsp3) is 0.333. The summed E-state index contributed by atoms with van der Waals surface area (Å²) in [5.41, 5.74) is 1.77. The van der Waals surface area contributed by atoms with Gasteiger partial charge in [-0.3, -0.25) is 0 Å².